The lowest BCUT2D eigenvalue weighted by Crippen LogP contribution is -2.14. The van der Waals surface area contributed by atoms with Crippen LogP contribution in [0.2, 0.25) is 5.02 Å². The summed E-state index contributed by atoms with van der Waals surface area (Å²) in [6.45, 7) is 0. The van der Waals surface area contributed by atoms with Gasteiger partial charge in [-0.15, -0.1) is 0 Å². The standard InChI is InChI=1S/C15H7ClF6O3/c16-9-1-2-12(23)11(6-9)13(24)25-10-4-7(14(17,18)19)3-8(5-10)15(20,21)22/h1-6,23H. The quantitative estimate of drug-likeness (QED) is 0.434. The number of halogens is 7. The van der Waals surface area contributed by atoms with E-state index < -0.39 is 46.5 Å². The molecule has 1 N–H and O–H groups in total. The average Bonchev–Trinajstić information content (AvgIpc) is 2.47. The molecule has 0 atom stereocenters. The van der Waals surface area contributed by atoms with Gasteiger partial charge >= 0.3 is 18.3 Å². The summed E-state index contributed by atoms with van der Waals surface area (Å²) in [6, 6.07) is 3.58. The fourth-order valence-electron chi connectivity index (χ4n) is 1.82. The zero-order valence-electron chi connectivity index (χ0n) is 11.9. The predicted molar refractivity (Wildman–Crippen MR) is 74.5 cm³/mol. The number of hydrogen-bond acceptors (Lipinski definition) is 3. The van der Waals surface area contributed by atoms with Crippen LogP contribution in [0.4, 0.5) is 26.3 Å². The molecule has 0 saturated carbocycles. The molecule has 0 fully saturated rings. The van der Waals surface area contributed by atoms with Crippen LogP contribution < -0.4 is 4.74 Å². The number of carbonyl (C=O) groups excluding carboxylic acids is 1. The number of rotatable bonds is 2. The smallest absolute Gasteiger partial charge is 0.416 e. The van der Waals surface area contributed by atoms with Crippen molar-refractivity contribution in [3.63, 3.8) is 0 Å². The minimum absolute atomic E-state index is 0.00442. The number of hydrogen-bond donors (Lipinski definition) is 1. The highest BCUT2D eigenvalue weighted by Crippen LogP contribution is 2.38. The lowest BCUT2D eigenvalue weighted by atomic mass is 10.1. The Balaban J connectivity index is 2.45. The van der Waals surface area contributed by atoms with E-state index in [1.165, 1.54) is 6.07 Å². The predicted octanol–water partition coefficient (Wildman–Crippen LogP) is 5.30. The average molecular weight is 385 g/mol. The molecule has 0 bridgehead atoms. The third-order valence-corrected chi connectivity index (χ3v) is 3.19. The Morgan fingerprint density at radius 3 is 1.92 bits per heavy atom. The number of phenolic OH excluding ortho intramolecular Hbond substituents is 1. The van der Waals surface area contributed by atoms with E-state index >= 15 is 0 Å². The molecule has 3 nitrogen and oxygen atoms in total. The van der Waals surface area contributed by atoms with Crippen molar-refractivity contribution in [1.29, 1.82) is 0 Å². The van der Waals surface area contributed by atoms with E-state index in [1.807, 2.05) is 0 Å². The summed E-state index contributed by atoms with van der Waals surface area (Å²) in [7, 11) is 0. The maximum atomic E-state index is 12.7. The SMILES string of the molecule is O=C(Oc1cc(C(F)(F)F)cc(C(F)(F)F)c1)c1cc(Cl)ccc1O. The molecule has 0 spiro atoms. The van der Waals surface area contributed by atoms with Gasteiger partial charge < -0.3 is 9.84 Å². The van der Waals surface area contributed by atoms with Crippen molar-refractivity contribution in [2.45, 2.75) is 12.4 Å². The van der Waals surface area contributed by atoms with E-state index in [0.29, 0.717) is 0 Å². The van der Waals surface area contributed by atoms with Crippen molar-refractivity contribution in [3.8, 4) is 11.5 Å². The number of ether oxygens (including phenoxy) is 1. The highest BCUT2D eigenvalue weighted by Gasteiger charge is 2.37. The Morgan fingerprint density at radius 1 is 0.920 bits per heavy atom. The van der Waals surface area contributed by atoms with E-state index in [-0.39, 0.29) is 23.2 Å². The number of aromatic hydroxyl groups is 1. The topological polar surface area (TPSA) is 46.5 Å². The number of esters is 1. The fraction of sp³-hybridized carbons (Fsp3) is 0.133. The summed E-state index contributed by atoms with van der Waals surface area (Å²) in [5, 5.41) is 9.54. The summed E-state index contributed by atoms with van der Waals surface area (Å²) in [6.07, 6.45) is -10.2. The van der Waals surface area contributed by atoms with E-state index in [1.54, 1.807) is 0 Å². The number of phenols is 1. The third kappa shape index (κ3) is 4.56. The van der Waals surface area contributed by atoms with Crippen LogP contribution in [0.3, 0.4) is 0 Å². The largest absolute Gasteiger partial charge is 0.507 e. The molecule has 134 valence electrons. The molecule has 25 heavy (non-hydrogen) atoms. The van der Waals surface area contributed by atoms with Gasteiger partial charge in [-0.25, -0.2) is 4.79 Å². The Bertz CT molecular complexity index is 782. The van der Waals surface area contributed by atoms with Crippen molar-refractivity contribution in [2.75, 3.05) is 0 Å². The minimum Gasteiger partial charge on any atom is -0.507 e. The molecule has 0 aliphatic heterocycles. The van der Waals surface area contributed by atoms with E-state index in [2.05, 4.69) is 4.74 Å². The van der Waals surface area contributed by atoms with E-state index in [9.17, 15) is 36.2 Å². The first-order chi connectivity index (χ1) is 11.4. The molecule has 0 aliphatic carbocycles. The number of alkyl halides is 6. The molecule has 0 aromatic heterocycles. The van der Waals surface area contributed by atoms with Gasteiger partial charge in [0.15, 0.2) is 0 Å². The van der Waals surface area contributed by atoms with Crippen LogP contribution in [0.25, 0.3) is 0 Å². The van der Waals surface area contributed by atoms with Gasteiger partial charge in [-0.05, 0) is 36.4 Å². The van der Waals surface area contributed by atoms with Gasteiger partial charge in [0.1, 0.15) is 17.1 Å². The molecule has 2 aromatic carbocycles. The Kier molecular flexibility index (Phi) is 4.90. The third-order valence-electron chi connectivity index (χ3n) is 2.95. The number of carbonyl (C=O) groups is 1. The van der Waals surface area contributed by atoms with Crippen LogP contribution >= 0.6 is 11.6 Å². The van der Waals surface area contributed by atoms with Crippen LogP contribution in [-0.4, -0.2) is 11.1 Å². The molecule has 2 aromatic rings. The first-order valence-electron chi connectivity index (χ1n) is 6.38. The van der Waals surface area contributed by atoms with Gasteiger partial charge in [-0.2, -0.15) is 26.3 Å². The lowest BCUT2D eigenvalue weighted by molar-refractivity contribution is -0.143. The van der Waals surface area contributed by atoms with Gasteiger partial charge in [0.25, 0.3) is 0 Å². The highest BCUT2D eigenvalue weighted by atomic mass is 35.5. The molecule has 2 rings (SSSR count). The van der Waals surface area contributed by atoms with Crippen molar-refractivity contribution in [1.82, 2.24) is 0 Å². The normalized spacial score (nSPS) is 12.1. The zero-order chi connectivity index (χ0) is 19.0. The van der Waals surface area contributed by atoms with Crippen LogP contribution in [0.1, 0.15) is 21.5 Å². The van der Waals surface area contributed by atoms with Crippen molar-refractivity contribution >= 4 is 17.6 Å². The highest BCUT2D eigenvalue weighted by molar-refractivity contribution is 6.31. The molecule has 0 unspecified atom stereocenters. The monoisotopic (exact) mass is 384 g/mol. The summed E-state index contributed by atoms with van der Waals surface area (Å²) >= 11 is 5.62. The summed E-state index contributed by atoms with van der Waals surface area (Å²) < 4.78 is 81.0. The Labute approximate surface area is 141 Å². The maximum absolute atomic E-state index is 12.7. The van der Waals surface area contributed by atoms with Crippen LogP contribution in [0.5, 0.6) is 11.5 Å². The zero-order valence-corrected chi connectivity index (χ0v) is 12.6. The summed E-state index contributed by atoms with van der Waals surface area (Å²) in [5.41, 5.74) is -3.79. The molecule has 0 radical (unpaired) electrons. The van der Waals surface area contributed by atoms with Crippen molar-refractivity contribution in [2.24, 2.45) is 0 Å². The summed E-state index contributed by atoms with van der Waals surface area (Å²) in [5.74, 6) is -2.95. The first kappa shape index (κ1) is 18.9. The molecular weight excluding hydrogens is 378 g/mol. The second-order valence-electron chi connectivity index (χ2n) is 4.79. The van der Waals surface area contributed by atoms with Crippen LogP contribution in [-0.2, 0) is 12.4 Å². The molecule has 0 saturated heterocycles. The second-order valence-corrected chi connectivity index (χ2v) is 5.23. The maximum Gasteiger partial charge on any atom is 0.416 e. The molecule has 0 aliphatic rings. The van der Waals surface area contributed by atoms with Crippen LogP contribution in [0, 0.1) is 0 Å². The van der Waals surface area contributed by atoms with Crippen molar-refractivity contribution in [3.05, 3.63) is 58.1 Å². The Hall–Kier alpha value is -2.42. The second kappa shape index (κ2) is 6.47. The molecule has 10 heteroatoms. The van der Waals surface area contributed by atoms with Gasteiger partial charge in [0.05, 0.1) is 11.1 Å². The van der Waals surface area contributed by atoms with E-state index in [4.69, 9.17) is 11.6 Å². The lowest BCUT2D eigenvalue weighted by Gasteiger charge is -2.14. The molecular formula is C15H7ClF6O3. The van der Waals surface area contributed by atoms with E-state index in [0.717, 1.165) is 12.1 Å². The van der Waals surface area contributed by atoms with Gasteiger partial charge in [-0.1, -0.05) is 11.6 Å². The van der Waals surface area contributed by atoms with Gasteiger partial charge in [0, 0.05) is 5.02 Å². The van der Waals surface area contributed by atoms with Gasteiger partial charge in [-0.3, -0.25) is 0 Å². The number of benzene rings is 2. The Morgan fingerprint density at radius 2 is 1.44 bits per heavy atom. The molecule has 0 heterocycles. The summed E-state index contributed by atoms with van der Waals surface area (Å²) in [4.78, 5) is 11.9. The van der Waals surface area contributed by atoms with Gasteiger partial charge in [0.2, 0.25) is 0 Å². The van der Waals surface area contributed by atoms with Crippen molar-refractivity contribution < 1.29 is 41.0 Å². The fourth-order valence-corrected chi connectivity index (χ4v) is 1.99. The molecule has 0 amide bonds. The minimum atomic E-state index is -5.08. The van der Waals surface area contributed by atoms with Crippen LogP contribution in [0.15, 0.2) is 36.4 Å². The first-order valence-corrected chi connectivity index (χ1v) is 6.76.